The van der Waals surface area contributed by atoms with E-state index in [0.717, 1.165) is 28.9 Å². The van der Waals surface area contributed by atoms with Gasteiger partial charge in [-0.3, -0.25) is 9.48 Å². The van der Waals surface area contributed by atoms with E-state index in [1.165, 1.54) is 12.1 Å². The molecule has 2 heterocycles. The van der Waals surface area contributed by atoms with Crippen LogP contribution in [0.4, 0.5) is 10.2 Å². The molecule has 1 aromatic carbocycles. The van der Waals surface area contributed by atoms with Crippen LogP contribution in [-0.2, 0) is 11.3 Å². The molecule has 0 spiro atoms. The number of carbonyl (C=O) groups is 1. The smallest absolute Gasteiger partial charge is 0.225 e. The van der Waals surface area contributed by atoms with E-state index in [0.29, 0.717) is 12.2 Å². The topological polar surface area (TPSA) is 59.8 Å². The summed E-state index contributed by atoms with van der Waals surface area (Å²) in [4.78, 5) is 16.3. The van der Waals surface area contributed by atoms with E-state index in [1.54, 1.807) is 18.3 Å². The van der Waals surface area contributed by atoms with Crippen molar-refractivity contribution in [2.45, 2.75) is 33.7 Å². The Balaban J connectivity index is 1.96. The van der Waals surface area contributed by atoms with Gasteiger partial charge in [-0.1, -0.05) is 13.8 Å². The molecule has 0 aliphatic rings. The van der Waals surface area contributed by atoms with Crippen LogP contribution < -0.4 is 5.32 Å². The van der Waals surface area contributed by atoms with Crippen molar-refractivity contribution in [2.75, 3.05) is 5.32 Å². The Morgan fingerprint density at radius 2 is 1.93 bits per heavy atom. The maximum atomic E-state index is 13.3. The number of hydrogen-bond donors (Lipinski definition) is 1. The molecule has 0 aliphatic carbocycles. The number of pyridine rings is 1. The molecule has 0 fully saturated rings. The minimum absolute atomic E-state index is 0.0577. The van der Waals surface area contributed by atoms with E-state index in [9.17, 15) is 9.18 Å². The molecule has 5 nitrogen and oxygen atoms in total. The molecule has 0 unspecified atom stereocenters. The lowest BCUT2D eigenvalue weighted by molar-refractivity contribution is -0.116. The summed E-state index contributed by atoms with van der Waals surface area (Å²) < 4.78 is 15.1. The van der Waals surface area contributed by atoms with Gasteiger partial charge in [0, 0.05) is 36.5 Å². The molecule has 1 N–H and O–H groups in total. The van der Waals surface area contributed by atoms with Gasteiger partial charge in [-0.05, 0) is 54.8 Å². The van der Waals surface area contributed by atoms with Crippen molar-refractivity contribution in [3.63, 3.8) is 0 Å². The number of anilines is 1. The van der Waals surface area contributed by atoms with Gasteiger partial charge in [-0.15, -0.1) is 0 Å². The maximum Gasteiger partial charge on any atom is 0.225 e. The fourth-order valence-corrected chi connectivity index (χ4v) is 2.85. The number of nitrogens with one attached hydrogen (secondary N) is 1. The first-order chi connectivity index (χ1) is 13.0. The summed E-state index contributed by atoms with van der Waals surface area (Å²) in [6.45, 7) is 6.72. The first-order valence-corrected chi connectivity index (χ1v) is 9.06. The van der Waals surface area contributed by atoms with Crippen LogP contribution in [0.15, 0.2) is 48.8 Å². The molecule has 0 saturated heterocycles. The monoisotopic (exact) mass is 366 g/mol. The molecular weight excluding hydrogens is 343 g/mol. The van der Waals surface area contributed by atoms with Crippen molar-refractivity contribution >= 4 is 11.7 Å². The van der Waals surface area contributed by atoms with E-state index < -0.39 is 0 Å². The van der Waals surface area contributed by atoms with Crippen molar-refractivity contribution in [3.8, 4) is 22.4 Å². The summed E-state index contributed by atoms with van der Waals surface area (Å²) in [7, 11) is 0. The summed E-state index contributed by atoms with van der Waals surface area (Å²) in [5.41, 5.74) is 3.40. The Kier molecular flexibility index (Phi) is 5.64. The second-order valence-electron chi connectivity index (χ2n) is 6.83. The van der Waals surface area contributed by atoms with Crippen LogP contribution in [0.2, 0.25) is 0 Å². The number of nitrogens with zero attached hydrogens (tertiary/aromatic N) is 3. The predicted molar refractivity (Wildman–Crippen MR) is 105 cm³/mol. The van der Waals surface area contributed by atoms with E-state index in [1.807, 2.05) is 43.8 Å². The first kappa shape index (κ1) is 18.8. The fraction of sp³-hybridized carbons (Fsp3) is 0.286. The molecule has 3 rings (SSSR count). The molecule has 6 heteroatoms. The van der Waals surface area contributed by atoms with Gasteiger partial charge in [0.05, 0.1) is 0 Å². The number of amides is 1. The lowest BCUT2D eigenvalue weighted by atomic mass is 10.0. The van der Waals surface area contributed by atoms with Gasteiger partial charge in [0.15, 0.2) is 0 Å². The van der Waals surface area contributed by atoms with Gasteiger partial charge in [-0.2, -0.15) is 5.10 Å². The second-order valence-corrected chi connectivity index (χ2v) is 6.83. The van der Waals surface area contributed by atoms with Crippen LogP contribution >= 0.6 is 0 Å². The summed E-state index contributed by atoms with van der Waals surface area (Å²) in [5, 5.41) is 7.47. The van der Waals surface area contributed by atoms with E-state index in [4.69, 9.17) is 0 Å². The van der Waals surface area contributed by atoms with Gasteiger partial charge >= 0.3 is 0 Å². The zero-order valence-corrected chi connectivity index (χ0v) is 15.7. The number of aromatic nitrogens is 3. The third kappa shape index (κ3) is 4.58. The number of halogens is 1. The summed E-state index contributed by atoms with van der Waals surface area (Å²) in [6.07, 6.45) is 4.06. The van der Waals surface area contributed by atoms with Crippen LogP contribution in [0.3, 0.4) is 0 Å². The number of hydrogen-bond acceptors (Lipinski definition) is 3. The zero-order valence-electron chi connectivity index (χ0n) is 15.7. The predicted octanol–water partition coefficient (Wildman–Crippen LogP) is 4.76. The van der Waals surface area contributed by atoms with E-state index in [2.05, 4.69) is 15.4 Å². The average Bonchev–Trinajstić information content (AvgIpc) is 3.06. The quantitative estimate of drug-likeness (QED) is 0.684. The van der Waals surface area contributed by atoms with Crippen LogP contribution in [0.25, 0.3) is 22.4 Å². The molecule has 0 atom stereocenters. The Hall–Kier alpha value is -3.02. The highest BCUT2D eigenvalue weighted by Gasteiger charge is 2.14. The standard InChI is InChI=1S/C21H23FN4O/c1-4-26-13-18(21(25-26)15-5-7-17(22)8-6-15)16-9-10-23-19(12-16)24-20(27)11-14(2)3/h5-10,12-14H,4,11H2,1-3H3,(H,23,24,27). The lowest BCUT2D eigenvalue weighted by Gasteiger charge is -2.08. The second kappa shape index (κ2) is 8.12. The summed E-state index contributed by atoms with van der Waals surface area (Å²) >= 11 is 0. The number of aryl methyl sites for hydroxylation is 1. The number of benzene rings is 1. The van der Waals surface area contributed by atoms with Crippen molar-refractivity contribution in [2.24, 2.45) is 5.92 Å². The highest BCUT2D eigenvalue weighted by molar-refractivity contribution is 5.91. The lowest BCUT2D eigenvalue weighted by Crippen LogP contribution is -2.14. The van der Waals surface area contributed by atoms with Crippen molar-refractivity contribution in [1.29, 1.82) is 0 Å². The van der Waals surface area contributed by atoms with Gasteiger partial charge in [-0.25, -0.2) is 9.37 Å². The number of carbonyl (C=O) groups excluding carboxylic acids is 1. The van der Waals surface area contributed by atoms with Crippen LogP contribution in [-0.4, -0.2) is 20.7 Å². The number of rotatable bonds is 6. The minimum Gasteiger partial charge on any atom is -0.311 e. The van der Waals surface area contributed by atoms with Gasteiger partial charge in [0.25, 0.3) is 0 Å². The van der Waals surface area contributed by atoms with Crippen LogP contribution in [0.5, 0.6) is 0 Å². The highest BCUT2D eigenvalue weighted by atomic mass is 19.1. The molecule has 0 saturated carbocycles. The Labute approximate surface area is 158 Å². The molecule has 0 aliphatic heterocycles. The molecular formula is C21H23FN4O. The Morgan fingerprint density at radius 1 is 1.19 bits per heavy atom. The molecule has 3 aromatic rings. The summed E-state index contributed by atoms with van der Waals surface area (Å²) in [5.74, 6) is 0.445. The molecule has 140 valence electrons. The normalized spacial score (nSPS) is 11.0. The largest absolute Gasteiger partial charge is 0.311 e. The van der Waals surface area contributed by atoms with Crippen molar-refractivity contribution in [3.05, 3.63) is 54.6 Å². The molecule has 2 aromatic heterocycles. The maximum absolute atomic E-state index is 13.3. The van der Waals surface area contributed by atoms with Crippen LogP contribution in [0.1, 0.15) is 27.2 Å². The molecule has 0 radical (unpaired) electrons. The van der Waals surface area contributed by atoms with E-state index >= 15 is 0 Å². The molecule has 27 heavy (non-hydrogen) atoms. The SMILES string of the molecule is CCn1cc(-c2ccnc(NC(=O)CC(C)C)c2)c(-c2ccc(F)cc2)n1. The highest BCUT2D eigenvalue weighted by Crippen LogP contribution is 2.32. The van der Waals surface area contributed by atoms with Gasteiger partial charge < -0.3 is 5.32 Å². The van der Waals surface area contributed by atoms with Crippen LogP contribution in [0, 0.1) is 11.7 Å². The van der Waals surface area contributed by atoms with Crippen molar-refractivity contribution in [1.82, 2.24) is 14.8 Å². The Bertz CT molecular complexity index is 932. The first-order valence-electron chi connectivity index (χ1n) is 9.06. The van der Waals surface area contributed by atoms with Gasteiger partial charge in [0.2, 0.25) is 5.91 Å². The molecule has 1 amide bonds. The third-order valence-electron chi connectivity index (χ3n) is 4.14. The fourth-order valence-electron chi connectivity index (χ4n) is 2.85. The minimum atomic E-state index is -0.283. The van der Waals surface area contributed by atoms with E-state index in [-0.39, 0.29) is 17.6 Å². The zero-order chi connectivity index (χ0) is 19.4. The Morgan fingerprint density at radius 3 is 2.59 bits per heavy atom. The average molecular weight is 366 g/mol. The van der Waals surface area contributed by atoms with Crippen molar-refractivity contribution < 1.29 is 9.18 Å². The van der Waals surface area contributed by atoms with Gasteiger partial charge in [0.1, 0.15) is 17.3 Å². The molecule has 0 bridgehead atoms. The third-order valence-corrected chi connectivity index (χ3v) is 4.14. The summed E-state index contributed by atoms with van der Waals surface area (Å²) in [6, 6.07) is 9.99.